The fourth-order valence-corrected chi connectivity index (χ4v) is 3.34. The number of methoxy groups -OCH3 is 2. The molecule has 10 nitrogen and oxygen atoms in total. The van der Waals surface area contributed by atoms with Crippen LogP contribution in [0.5, 0.6) is 11.5 Å². The zero-order valence-corrected chi connectivity index (χ0v) is 19.9. The number of hydrogen-bond donors (Lipinski definition) is 2. The molecule has 184 valence electrons. The minimum Gasteiger partial charge on any atom is -0.497 e. The molecule has 0 fully saturated rings. The Morgan fingerprint density at radius 3 is 2.69 bits per heavy atom. The van der Waals surface area contributed by atoms with Crippen molar-refractivity contribution in [2.45, 2.75) is 32.6 Å². The van der Waals surface area contributed by atoms with Crippen LogP contribution in [-0.2, 0) is 11.3 Å². The Labute approximate surface area is 201 Å². The van der Waals surface area contributed by atoms with Gasteiger partial charge in [0.25, 0.3) is 0 Å². The SMILES string of the molecule is COc1cc(Nc2ccc3ncc(-c4cnn(CC(O)COC(C)C)c4)nc3n2)c(F)c(OC)c1. The largest absolute Gasteiger partial charge is 0.497 e. The number of nitrogens with zero attached hydrogens (tertiary/aromatic N) is 5. The number of aliphatic hydroxyl groups excluding tert-OH is 1. The summed E-state index contributed by atoms with van der Waals surface area (Å²) in [5, 5.41) is 17.4. The number of hydrogen-bond acceptors (Lipinski definition) is 9. The molecular weight excluding hydrogens is 455 g/mol. The normalized spacial score (nSPS) is 12.2. The van der Waals surface area contributed by atoms with Gasteiger partial charge in [-0.25, -0.2) is 14.4 Å². The predicted octanol–water partition coefficient (Wildman–Crippen LogP) is 3.57. The second-order valence-electron chi connectivity index (χ2n) is 8.10. The van der Waals surface area contributed by atoms with E-state index in [9.17, 15) is 9.50 Å². The third kappa shape index (κ3) is 5.81. The number of aliphatic hydroxyl groups is 1. The van der Waals surface area contributed by atoms with E-state index in [0.29, 0.717) is 28.4 Å². The van der Waals surface area contributed by atoms with Gasteiger partial charge in [-0.3, -0.25) is 9.67 Å². The van der Waals surface area contributed by atoms with Crippen molar-refractivity contribution in [1.29, 1.82) is 0 Å². The Morgan fingerprint density at radius 1 is 1.11 bits per heavy atom. The summed E-state index contributed by atoms with van der Waals surface area (Å²) in [7, 11) is 2.87. The minimum absolute atomic E-state index is 0.0417. The number of pyridine rings is 1. The van der Waals surface area contributed by atoms with E-state index in [1.807, 2.05) is 13.8 Å². The van der Waals surface area contributed by atoms with Crippen molar-refractivity contribution in [3.05, 3.63) is 48.7 Å². The minimum atomic E-state index is -0.682. The highest BCUT2D eigenvalue weighted by Gasteiger charge is 2.14. The molecular formula is C24H27FN6O4. The molecule has 0 spiro atoms. The van der Waals surface area contributed by atoms with Crippen molar-refractivity contribution in [2.75, 3.05) is 26.1 Å². The molecule has 0 radical (unpaired) electrons. The fourth-order valence-electron chi connectivity index (χ4n) is 3.34. The van der Waals surface area contributed by atoms with Gasteiger partial charge in [-0.05, 0) is 26.0 Å². The zero-order valence-electron chi connectivity index (χ0n) is 19.9. The molecule has 0 bridgehead atoms. The summed E-state index contributed by atoms with van der Waals surface area (Å²) in [4.78, 5) is 13.5. The van der Waals surface area contributed by atoms with Crippen molar-refractivity contribution >= 4 is 22.7 Å². The van der Waals surface area contributed by atoms with Crippen molar-refractivity contribution in [1.82, 2.24) is 24.7 Å². The van der Waals surface area contributed by atoms with Gasteiger partial charge >= 0.3 is 0 Å². The summed E-state index contributed by atoms with van der Waals surface area (Å²) in [6.45, 7) is 4.34. The highest BCUT2D eigenvalue weighted by atomic mass is 19.1. The van der Waals surface area contributed by atoms with Crippen molar-refractivity contribution in [2.24, 2.45) is 0 Å². The molecule has 0 amide bonds. The van der Waals surface area contributed by atoms with E-state index in [0.717, 1.165) is 5.56 Å². The van der Waals surface area contributed by atoms with Crippen LogP contribution in [0.4, 0.5) is 15.9 Å². The summed E-state index contributed by atoms with van der Waals surface area (Å²) < 4.78 is 32.1. The van der Waals surface area contributed by atoms with Gasteiger partial charge in [0.1, 0.15) is 17.1 Å². The van der Waals surface area contributed by atoms with Crippen LogP contribution < -0.4 is 14.8 Å². The van der Waals surface area contributed by atoms with E-state index >= 15 is 0 Å². The first-order valence-electron chi connectivity index (χ1n) is 11.0. The predicted molar refractivity (Wildman–Crippen MR) is 128 cm³/mol. The second kappa shape index (κ2) is 10.6. The van der Waals surface area contributed by atoms with Crippen LogP contribution in [-0.4, -0.2) is 62.9 Å². The molecule has 0 aliphatic rings. The van der Waals surface area contributed by atoms with Gasteiger partial charge in [0.05, 0.1) is 63.4 Å². The summed E-state index contributed by atoms with van der Waals surface area (Å²) in [5.74, 6) is 0.296. The molecule has 0 aliphatic carbocycles. The van der Waals surface area contributed by atoms with E-state index in [-0.39, 0.29) is 30.7 Å². The van der Waals surface area contributed by atoms with Crippen molar-refractivity contribution in [3.63, 3.8) is 0 Å². The lowest BCUT2D eigenvalue weighted by Crippen LogP contribution is -2.24. The Hall–Kier alpha value is -3.83. The smallest absolute Gasteiger partial charge is 0.188 e. The monoisotopic (exact) mass is 482 g/mol. The Bertz CT molecular complexity index is 1310. The maximum absolute atomic E-state index is 14.7. The van der Waals surface area contributed by atoms with Crippen LogP contribution in [0.2, 0.25) is 0 Å². The number of halogens is 1. The number of rotatable bonds is 10. The lowest BCUT2D eigenvalue weighted by Gasteiger charge is -2.13. The molecule has 4 aromatic rings. The van der Waals surface area contributed by atoms with E-state index < -0.39 is 11.9 Å². The third-order valence-electron chi connectivity index (χ3n) is 5.09. The summed E-state index contributed by atoms with van der Waals surface area (Å²) in [5.41, 5.74) is 2.40. The lowest BCUT2D eigenvalue weighted by atomic mass is 10.2. The molecule has 11 heteroatoms. The summed E-state index contributed by atoms with van der Waals surface area (Å²) in [6, 6.07) is 6.40. The number of benzene rings is 1. The lowest BCUT2D eigenvalue weighted by molar-refractivity contribution is -0.00201. The van der Waals surface area contributed by atoms with Crippen LogP contribution in [0.25, 0.3) is 22.4 Å². The van der Waals surface area contributed by atoms with Gasteiger partial charge in [0.2, 0.25) is 0 Å². The molecule has 1 atom stereocenters. The van der Waals surface area contributed by atoms with Crippen LogP contribution in [0, 0.1) is 5.82 Å². The third-order valence-corrected chi connectivity index (χ3v) is 5.09. The number of anilines is 2. The molecule has 3 aromatic heterocycles. The summed E-state index contributed by atoms with van der Waals surface area (Å²) >= 11 is 0. The highest BCUT2D eigenvalue weighted by molar-refractivity contribution is 5.76. The molecule has 1 unspecified atom stereocenters. The van der Waals surface area contributed by atoms with Gasteiger partial charge in [-0.1, -0.05) is 0 Å². The first-order chi connectivity index (χ1) is 16.9. The maximum atomic E-state index is 14.7. The number of aromatic nitrogens is 5. The van der Waals surface area contributed by atoms with E-state index in [2.05, 4.69) is 25.4 Å². The molecule has 0 saturated heterocycles. The quantitative estimate of drug-likeness (QED) is 0.350. The van der Waals surface area contributed by atoms with Gasteiger partial charge in [-0.2, -0.15) is 5.10 Å². The fraction of sp³-hybridized carbons (Fsp3) is 0.333. The first-order valence-corrected chi connectivity index (χ1v) is 11.0. The van der Waals surface area contributed by atoms with Crippen LogP contribution in [0.15, 0.2) is 42.9 Å². The number of ether oxygens (including phenoxy) is 3. The summed E-state index contributed by atoms with van der Waals surface area (Å²) in [6.07, 6.45) is 4.41. The standard InChI is InChI=1S/C24H27FN6O4/c1-14(2)35-13-16(32)12-31-11-15(9-27-31)20-10-26-18-5-6-22(30-24(18)29-20)28-19-7-17(33-3)8-21(34-4)23(19)25/h5-11,14,16,32H,12-13H2,1-4H3,(H,28,29,30). The Kier molecular flexibility index (Phi) is 7.37. The average Bonchev–Trinajstić information content (AvgIpc) is 3.32. The van der Waals surface area contributed by atoms with Crippen LogP contribution in [0.3, 0.4) is 0 Å². The van der Waals surface area contributed by atoms with Crippen molar-refractivity contribution < 1.29 is 23.7 Å². The van der Waals surface area contributed by atoms with Crippen molar-refractivity contribution in [3.8, 4) is 22.8 Å². The molecule has 35 heavy (non-hydrogen) atoms. The van der Waals surface area contributed by atoms with E-state index in [4.69, 9.17) is 14.2 Å². The second-order valence-corrected chi connectivity index (χ2v) is 8.10. The molecule has 4 rings (SSSR count). The molecule has 3 heterocycles. The van der Waals surface area contributed by atoms with Gasteiger partial charge in [-0.15, -0.1) is 0 Å². The maximum Gasteiger partial charge on any atom is 0.188 e. The Morgan fingerprint density at radius 2 is 1.94 bits per heavy atom. The highest BCUT2D eigenvalue weighted by Crippen LogP contribution is 2.32. The van der Waals surface area contributed by atoms with Gasteiger partial charge in [0.15, 0.2) is 17.2 Å². The van der Waals surface area contributed by atoms with E-state index in [1.54, 1.807) is 35.4 Å². The topological polar surface area (TPSA) is 116 Å². The van der Waals surface area contributed by atoms with Crippen LogP contribution >= 0.6 is 0 Å². The van der Waals surface area contributed by atoms with Gasteiger partial charge in [0, 0.05) is 23.9 Å². The first kappa shape index (κ1) is 24.3. The average molecular weight is 483 g/mol. The number of nitrogens with one attached hydrogen (secondary N) is 1. The zero-order chi connectivity index (χ0) is 24.9. The van der Waals surface area contributed by atoms with Gasteiger partial charge < -0.3 is 24.6 Å². The molecule has 0 aliphatic heterocycles. The molecule has 1 aromatic carbocycles. The molecule has 0 saturated carbocycles. The van der Waals surface area contributed by atoms with Crippen LogP contribution in [0.1, 0.15) is 13.8 Å². The van der Waals surface area contributed by atoms with E-state index in [1.165, 1.54) is 26.4 Å². The molecule has 2 N–H and O–H groups in total. The number of fused-ring (bicyclic) bond motifs is 1. The Balaban J connectivity index is 1.55.